The maximum absolute atomic E-state index is 12.9. The van der Waals surface area contributed by atoms with Crippen molar-refractivity contribution in [1.29, 1.82) is 0 Å². The summed E-state index contributed by atoms with van der Waals surface area (Å²) in [5.74, 6) is -0.505. The molecule has 4 rings (SSSR count). The second-order valence-electron chi connectivity index (χ2n) is 7.08. The van der Waals surface area contributed by atoms with Gasteiger partial charge in [0, 0.05) is 23.7 Å². The molecule has 8 heteroatoms. The smallest absolute Gasteiger partial charge is 0.279 e. The highest BCUT2D eigenvalue weighted by atomic mass is 32.2. The number of amides is 1. The average molecular weight is 426 g/mol. The first-order valence-electron chi connectivity index (χ1n) is 9.94. The summed E-state index contributed by atoms with van der Waals surface area (Å²) in [7, 11) is -3.70. The summed E-state index contributed by atoms with van der Waals surface area (Å²) in [6.07, 6.45) is 0.773. The van der Waals surface area contributed by atoms with Crippen LogP contribution in [0.2, 0.25) is 0 Å². The number of aromatic hydroxyl groups is 1. The third-order valence-corrected chi connectivity index (χ3v) is 6.95. The van der Waals surface area contributed by atoms with Crippen LogP contribution in [0, 0.1) is 0 Å². The van der Waals surface area contributed by atoms with Gasteiger partial charge in [-0.15, -0.1) is 0 Å². The summed E-state index contributed by atoms with van der Waals surface area (Å²) in [6, 6.07) is 10.2. The van der Waals surface area contributed by atoms with Crippen molar-refractivity contribution in [2.24, 2.45) is 4.99 Å². The van der Waals surface area contributed by atoms with E-state index in [-0.39, 0.29) is 22.9 Å². The Hall–Kier alpha value is -2.97. The van der Waals surface area contributed by atoms with Gasteiger partial charge in [0.1, 0.15) is 0 Å². The maximum atomic E-state index is 12.9. The van der Waals surface area contributed by atoms with Crippen molar-refractivity contribution >= 4 is 32.4 Å². The molecule has 3 aromatic rings. The fraction of sp³-hybridized carbons (Fsp3) is 0.273. The SMILES string of the molecule is CCNS(=O)(=O)c1ccc2c(c1)=C(c1c(O)n(CC)c3c(CC)cccc13)C(=O)N=2. The van der Waals surface area contributed by atoms with Crippen molar-refractivity contribution in [3.8, 4) is 5.88 Å². The van der Waals surface area contributed by atoms with Crippen LogP contribution < -0.4 is 15.3 Å². The quantitative estimate of drug-likeness (QED) is 0.626. The molecular weight excluding hydrogens is 402 g/mol. The van der Waals surface area contributed by atoms with Gasteiger partial charge in [-0.3, -0.25) is 4.79 Å². The van der Waals surface area contributed by atoms with E-state index in [0.29, 0.717) is 22.7 Å². The van der Waals surface area contributed by atoms with E-state index in [1.807, 2.05) is 32.0 Å². The zero-order chi connectivity index (χ0) is 21.6. The molecule has 2 aromatic carbocycles. The topological polar surface area (TPSA) is 101 Å². The lowest BCUT2D eigenvalue weighted by Gasteiger charge is -2.06. The predicted octanol–water partition coefficient (Wildman–Crippen LogP) is 1.59. The van der Waals surface area contributed by atoms with Crippen molar-refractivity contribution in [2.75, 3.05) is 6.54 Å². The maximum Gasteiger partial charge on any atom is 0.279 e. The lowest BCUT2D eigenvalue weighted by atomic mass is 10.00. The fourth-order valence-electron chi connectivity index (χ4n) is 4.09. The van der Waals surface area contributed by atoms with Gasteiger partial charge in [0.05, 0.1) is 26.9 Å². The van der Waals surface area contributed by atoms with Gasteiger partial charge in [0.15, 0.2) is 5.88 Å². The standard InChI is InChI=1S/C22H23N3O4S/c1-4-13-8-7-9-15-19(22(27)25(6-3)20(13)15)18-16-12-14(30(28,29)23-5-2)10-11-17(16)24-21(18)26/h7-12,23,27H,4-6H2,1-3H3. The Morgan fingerprint density at radius 1 is 1.13 bits per heavy atom. The number of nitrogens with zero attached hydrogens (tertiary/aromatic N) is 2. The zero-order valence-electron chi connectivity index (χ0n) is 17.1. The van der Waals surface area contributed by atoms with Gasteiger partial charge in [-0.2, -0.15) is 0 Å². The summed E-state index contributed by atoms with van der Waals surface area (Å²) < 4.78 is 29.2. The number of rotatable bonds is 6. The summed E-state index contributed by atoms with van der Waals surface area (Å²) in [4.78, 5) is 17.0. The lowest BCUT2D eigenvalue weighted by molar-refractivity contribution is -0.112. The Morgan fingerprint density at radius 2 is 1.90 bits per heavy atom. The van der Waals surface area contributed by atoms with Crippen molar-refractivity contribution in [1.82, 2.24) is 9.29 Å². The predicted molar refractivity (Wildman–Crippen MR) is 114 cm³/mol. The van der Waals surface area contributed by atoms with E-state index < -0.39 is 15.9 Å². The number of benzene rings is 2. The van der Waals surface area contributed by atoms with Crippen LogP contribution in [-0.4, -0.2) is 30.5 Å². The molecule has 0 saturated heterocycles. The van der Waals surface area contributed by atoms with Crippen LogP contribution >= 0.6 is 0 Å². The first-order chi connectivity index (χ1) is 14.3. The molecule has 0 spiro atoms. The number of hydrogen-bond acceptors (Lipinski definition) is 4. The Labute approximate surface area is 174 Å². The van der Waals surface area contributed by atoms with E-state index >= 15 is 0 Å². The van der Waals surface area contributed by atoms with Crippen LogP contribution in [0.4, 0.5) is 0 Å². The first kappa shape index (κ1) is 20.3. The van der Waals surface area contributed by atoms with Crippen LogP contribution in [0.15, 0.2) is 46.3 Å². The number of carbonyl (C=O) groups excluding carboxylic acids is 1. The molecule has 156 valence electrons. The monoisotopic (exact) mass is 425 g/mol. The van der Waals surface area contributed by atoms with Gasteiger partial charge in [-0.05, 0) is 37.1 Å². The Kier molecular flexibility index (Phi) is 4.99. The number of para-hydroxylation sites is 1. The second-order valence-corrected chi connectivity index (χ2v) is 8.85. The lowest BCUT2D eigenvalue weighted by Crippen LogP contribution is -2.28. The molecule has 2 heterocycles. The molecule has 0 fully saturated rings. The van der Waals surface area contributed by atoms with Crippen LogP contribution in [0.1, 0.15) is 31.9 Å². The van der Waals surface area contributed by atoms with E-state index in [2.05, 4.69) is 9.71 Å². The van der Waals surface area contributed by atoms with Crippen LogP contribution in [0.3, 0.4) is 0 Å². The van der Waals surface area contributed by atoms with E-state index in [0.717, 1.165) is 22.9 Å². The molecule has 1 aromatic heterocycles. The molecule has 1 amide bonds. The molecule has 1 aliphatic heterocycles. The Bertz CT molecular complexity index is 1420. The molecule has 0 unspecified atom stereocenters. The van der Waals surface area contributed by atoms with Gasteiger partial charge in [-0.25, -0.2) is 18.1 Å². The average Bonchev–Trinajstić information content (AvgIpc) is 3.19. The first-order valence-corrected chi connectivity index (χ1v) is 11.4. The van der Waals surface area contributed by atoms with Gasteiger partial charge in [0.25, 0.3) is 5.91 Å². The molecule has 0 aliphatic carbocycles. The van der Waals surface area contributed by atoms with Crippen LogP contribution in [0.5, 0.6) is 5.88 Å². The van der Waals surface area contributed by atoms with Crippen molar-refractivity contribution in [3.63, 3.8) is 0 Å². The molecule has 0 atom stereocenters. The summed E-state index contributed by atoms with van der Waals surface area (Å²) in [5, 5.41) is 12.6. The Balaban J connectivity index is 2.12. The molecule has 0 bridgehead atoms. The zero-order valence-corrected chi connectivity index (χ0v) is 17.9. The van der Waals surface area contributed by atoms with E-state index in [4.69, 9.17) is 0 Å². The van der Waals surface area contributed by atoms with Crippen LogP contribution in [0.25, 0.3) is 16.5 Å². The molecule has 30 heavy (non-hydrogen) atoms. The van der Waals surface area contributed by atoms with E-state index in [9.17, 15) is 18.3 Å². The number of sulfonamides is 1. The number of hydrogen-bond donors (Lipinski definition) is 2. The van der Waals surface area contributed by atoms with Crippen molar-refractivity contribution in [2.45, 2.75) is 38.6 Å². The minimum Gasteiger partial charge on any atom is -0.494 e. The third-order valence-electron chi connectivity index (χ3n) is 5.40. The third kappa shape index (κ3) is 2.95. The van der Waals surface area contributed by atoms with Crippen molar-refractivity contribution in [3.05, 3.63) is 58.1 Å². The number of carbonyl (C=O) groups is 1. The van der Waals surface area contributed by atoms with E-state index in [1.54, 1.807) is 11.5 Å². The minimum atomic E-state index is -3.70. The molecule has 1 aliphatic rings. The molecule has 0 saturated carbocycles. The Morgan fingerprint density at radius 3 is 2.57 bits per heavy atom. The number of nitrogens with one attached hydrogen (secondary N) is 1. The minimum absolute atomic E-state index is 0.0141. The molecule has 2 N–H and O–H groups in total. The summed E-state index contributed by atoms with van der Waals surface area (Å²) in [6.45, 7) is 6.44. The van der Waals surface area contributed by atoms with Crippen LogP contribution in [-0.2, 0) is 27.8 Å². The van der Waals surface area contributed by atoms with E-state index in [1.165, 1.54) is 18.2 Å². The van der Waals surface area contributed by atoms with Crippen molar-refractivity contribution < 1.29 is 18.3 Å². The molecule has 0 radical (unpaired) electrons. The number of aromatic nitrogens is 1. The molecular formula is C22H23N3O4S. The number of aryl methyl sites for hydroxylation is 2. The summed E-state index contributed by atoms with van der Waals surface area (Å²) in [5.41, 5.74) is 2.55. The summed E-state index contributed by atoms with van der Waals surface area (Å²) >= 11 is 0. The van der Waals surface area contributed by atoms with Gasteiger partial charge >= 0.3 is 0 Å². The van der Waals surface area contributed by atoms with Gasteiger partial charge in [0.2, 0.25) is 10.0 Å². The van der Waals surface area contributed by atoms with Gasteiger partial charge in [-0.1, -0.05) is 32.0 Å². The highest BCUT2D eigenvalue weighted by molar-refractivity contribution is 7.89. The highest BCUT2D eigenvalue weighted by Crippen LogP contribution is 2.38. The highest BCUT2D eigenvalue weighted by Gasteiger charge is 2.28. The number of fused-ring (bicyclic) bond motifs is 2. The second kappa shape index (κ2) is 7.37. The molecule has 7 nitrogen and oxygen atoms in total. The fourth-order valence-corrected chi connectivity index (χ4v) is 5.16. The van der Waals surface area contributed by atoms with Gasteiger partial charge < -0.3 is 9.67 Å². The normalized spacial score (nSPS) is 13.7. The largest absolute Gasteiger partial charge is 0.494 e.